The monoisotopic (exact) mass is 831 g/mol. The third kappa shape index (κ3) is 633. The van der Waals surface area contributed by atoms with Crippen molar-refractivity contribution in [1.29, 1.82) is 0 Å². The molecule has 0 spiro atoms. The van der Waals surface area contributed by atoms with Gasteiger partial charge in [-0.15, -0.1) is 0 Å². The maximum Gasteiger partial charge on any atom is 0 e. The molecule has 0 amide bonds. The predicted molar refractivity (Wildman–Crippen MR) is 43.4 cm³/mol. The van der Waals surface area contributed by atoms with Gasteiger partial charge in [-0.1, -0.05) is 0 Å². The average Bonchev–Trinajstić information content (AvgIpc) is 0. The Morgan fingerprint density at radius 3 is 0.0870 bits per heavy atom. The number of hydrogen-bond acceptors (Lipinski definition) is 0. The van der Waals surface area contributed by atoms with Crippen LogP contribution in [0.2, 0.25) is 0 Å². The molecule has 0 radical (unpaired) electrons. The fourth-order valence-corrected chi connectivity index (χ4v) is 0. The third-order valence-electron chi connectivity index (χ3n) is 0. The van der Waals surface area contributed by atoms with Crippen LogP contribution >= 0.6 is 0 Å². The second-order valence-corrected chi connectivity index (χ2v) is 0. The van der Waals surface area contributed by atoms with Crippen molar-refractivity contribution in [2.24, 2.45) is 0 Å². The van der Waals surface area contributed by atoms with Gasteiger partial charge in [-0.3, -0.25) is 0 Å². The van der Waals surface area contributed by atoms with Gasteiger partial charge >= 0.3 is 0 Å². The van der Waals surface area contributed by atoms with Crippen LogP contribution in [0.1, 0.15) is 0 Å². The van der Waals surface area contributed by atoms with E-state index < -0.39 is 0 Å². The molecule has 23 heavy (non-hydrogen) atoms. The summed E-state index contributed by atoms with van der Waals surface area (Å²) in [6.45, 7) is 0. The van der Waals surface area contributed by atoms with E-state index in [0.717, 1.165) is 0 Å². The SMILES string of the molecule is O.O.O.O.O.O.O.O.O.O.O.O.[Fe].[Fe].[Fe].[Fe].[Fe].[Fe].[Fe].[Fe].[Fe].[Fe].[Fe]. The Labute approximate surface area is 250 Å². The summed E-state index contributed by atoms with van der Waals surface area (Å²) in [5.41, 5.74) is 0. The molecule has 0 aliphatic heterocycles. The van der Waals surface area contributed by atoms with E-state index in [1.54, 1.807) is 0 Å². The molecule has 0 heterocycles. The minimum absolute atomic E-state index is 0. The van der Waals surface area contributed by atoms with Crippen LogP contribution in [0.5, 0.6) is 0 Å². The van der Waals surface area contributed by atoms with Crippen molar-refractivity contribution in [3.63, 3.8) is 0 Å². The Bertz CT molecular complexity index is 23.0. The number of rotatable bonds is 0. The van der Waals surface area contributed by atoms with Crippen molar-refractivity contribution in [3.05, 3.63) is 0 Å². The molecular formula is H24Fe11O12. The van der Waals surface area contributed by atoms with E-state index in [4.69, 9.17) is 0 Å². The van der Waals surface area contributed by atoms with Crippen LogP contribution in [0.3, 0.4) is 0 Å². The summed E-state index contributed by atoms with van der Waals surface area (Å²) in [5.74, 6) is 0. The van der Waals surface area contributed by atoms with Gasteiger partial charge in [0, 0.05) is 188 Å². The molecule has 0 saturated heterocycles. The van der Waals surface area contributed by atoms with E-state index >= 15 is 0 Å². The van der Waals surface area contributed by atoms with Crippen molar-refractivity contribution in [2.75, 3.05) is 0 Å². The molecule has 0 bridgehead atoms. The molecule has 0 atom stereocenters. The quantitative estimate of drug-likeness (QED) is 0.205. The first kappa shape index (κ1) is 764. The van der Waals surface area contributed by atoms with E-state index in [1.165, 1.54) is 0 Å². The topological polar surface area (TPSA) is 378 Å². The molecule has 0 unspecified atom stereocenters. The summed E-state index contributed by atoms with van der Waals surface area (Å²) in [4.78, 5) is 0. The smallest absolute Gasteiger partial charge is 0 e. The average molecular weight is 830 g/mol. The van der Waals surface area contributed by atoms with E-state index in [2.05, 4.69) is 0 Å². The van der Waals surface area contributed by atoms with Crippen molar-refractivity contribution >= 4 is 0 Å². The van der Waals surface area contributed by atoms with Crippen molar-refractivity contribution in [2.45, 2.75) is 0 Å². The van der Waals surface area contributed by atoms with E-state index in [0.29, 0.717) is 0 Å². The van der Waals surface area contributed by atoms with E-state index in [1.807, 2.05) is 0 Å². The van der Waals surface area contributed by atoms with Gasteiger partial charge in [0.15, 0.2) is 0 Å². The Morgan fingerprint density at radius 1 is 0.0870 bits per heavy atom. The first-order chi connectivity index (χ1) is 0. The van der Waals surface area contributed by atoms with Crippen LogP contribution in [-0.4, -0.2) is 65.7 Å². The zero-order valence-corrected chi connectivity index (χ0v) is 22.0. The van der Waals surface area contributed by atoms with E-state index in [-0.39, 0.29) is 253 Å². The molecule has 23 heteroatoms. The van der Waals surface area contributed by atoms with Crippen molar-refractivity contribution in [1.82, 2.24) is 0 Å². The molecule has 0 fully saturated rings. The Hall–Kier alpha value is 5.23. The maximum atomic E-state index is 0. The summed E-state index contributed by atoms with van der Waals surface area (Å²) in [6.07, 6.45) is 0. The third-order valence-corrected chi connectivity index (χ3v) is 0. The van der Waals surface area contributed by atoms with Crippen molar-refractivity contribution in [3.8, 4) is 0 Å². The van der Waals surface area contributed by atoms with Crippen molar-refractivity contribution < 1.29 is 253 Å². The molecule has 12 nitrogen and oxygen atoms in total. The Balaban J connectivity index is 0. The summed E-state index contributed by atoms with van der Waals surface area (Å²) < 4.78 is 0. The van der Waals surface area contributed by atoms with Gasteiger partial charge in [0.25, 0.3) is 0 Å². The summed E-state index contributed by atoms with van der Waals surface area (Å²) in [6, 6.07) is 0. The van der Waals surface area contributed by atoms with Crippen LogP contribution in [0.15, 0.2) is 0 Å². The van der Waals surface area contributed by atoms with Gasteiger partial charge in [-0.25, -0.2) is 0 Å². The molecule has 184 valence electrons. The van der Waals surface area contributed by atoms with Gasteiger partial charge in [0.2, 0.25) is 0 Å². The molecule has 24 N–H and O–H groups in total. The van der Waals surface area contributed by atoms with Crippen LogP contribution in [0.25, 0.3) is 0 Å². The Kier molecular flexibility index (Phi) is 22700. The first-order valence-corrected chi connectivity index (χ1v) is 0. The van der Waals surface area contributed by atoms with Gasteiger partial charge in [0.1, 0.15) is 0 Å². The minimum Gasteiger partial charge on any atom is -0.412 e. The zero-order chi connectivity index (χ0) is 0. The normalized spacial score (nSPS) is 0. The molecule has 0 saturated carbocycles. The maximum absolute atomic E-state index is 0. The second kappa shape index (κ2) is 684. The van der Waals surface area contributed by atoms with E-state index in [9.17, 15) is 0 Å². The molecule has 0 aromatic carbocycles. The standard InChI is InChI=1S/11Fe.12H2O/h;;;;;;;;;;;12*1H2. The van der Waals surface area contributed by atoms with Crippen LogP contribution < -0.4 is 0 Å². The molecule has 0 rings (SSSR count). The Morgan fingerprint density at radius 2 is 0.0870 bits per heavy atom. The van der Waals surface area contributed by atoms with Crippen LogP contribution in [0.4, 0.5) is 0 Å². The second-order valence-electron chi connectivity index (χ2n) is 0. The summed E-state index contributed by atoms with van der Waals surface area (Å²) >= 11 is 0. The molecule has 0 aliphatic rings. The molecular weight excluding hydrogens is 806 g/mol. The van der Waals surface area contributed by atoms with Gasteiger partial charge < -0.3 is 65.7 Å². The predicted octanol–water partition coefficient (Wildman–Crippen LogP) is -9.92. The van der Waals surface area contributed by atoms with Gasteiger partial charge in [0.05, 0.1) is 0 Å². The zero-order valence-electron chi connectivity index (χ0n) is 9.89. The first-order valence-electron chi connectivity index (χ1n) is 0. The molecule has 0 aromatic heterocycles. The number of hydrogen-bond donors (Lipinski definition) is 0. The summed E-state index contributed by atoms with van der Waals surface area (Å²) in [5, 5.41) is 0. The van der Waals surface area contributed by atoms with Gasteiger partial charge in [-0.2, -0.15) is 0 Å². The fourth-order valence-electron chi connectivity index (χ4n) is 0. The van der Waals surface area contributed by atoms with Crippen LogP contribution in [-0.2, 0) is 188 Å². The van der Waals surface area contributed by atoms with Crippen LogP contribution in [0, 0.1) is 0 Å². The largest absolute Gasteiger partial charge is 0.412 e. The summed E-state index contributed by atoms with van der Waals surface area (Å²) in [7, 11) is 0. The molecule has 0 aliphatic carbocycles. The molecule has 0 aromatic rings. The van der Waals surface area contributed by atoms with Gasteiger partial charge in [-0.05, 0) is 0 Å². The minimum atomic E-state index is 0. The fraction of sp³-hybridized carbons (Fsp3) is 0.